The molecule has 0 saturated carbocycles. The highest BCUT2D eigenvalue weighted by atomic mass is 16.5. The minimum absolute atomic E-state index is 0.0429. The van der Waals surface area contributed by atoms with Crippen LogP contribution in [-0.4, -0.2) is 57.3 Å². The van der Waals surface area contributed by atoms with E-state index in [1.165, 1.54) is 5.56 Å². The van der Waals surface area contributed by atoms with Crippen LogP contribution in [0, 0.1) is 5.92 Å². The Balaban J connectivity index is 0.000000241. The van der Waals surface area contributed by atoms with Gasteiger partial charge >= 0.3 is 0 Å². The SMILES string of the molecule is COc1cc(CO)cc2ccccc12.COc1ccccc1COCCCOc1ccc([C@@H]2CCNC[C@H]2CO)cc1. The summed E-state index contributed by atoms with van der Waals surface area (Å²) in [5, 5.41) is 24.2. The van der Waals surface area contributed by atoms with Crippen molar-refractivity contribution in [1.82, 2.24) is 5.32 Å². The van der Waals surface area contributed by atoms with Gasteiger partial charge in [0.1, 0.15) is 17.2 Å². The Morgan fingerprint density at radius 3 is 2.36 bits per heavy atom. The van der Waals surface area contributed by atoms with Crippen LogP contribution in [0.15, 0.2) is 84.9 Å². The fraction of sp³-hybridized carbons (Fsp3) is 0.371. The summed E-state index contributed by atoms with van der Waals surface area (Å²) in [7, 11) is 3.32. The quantitative estimate of drug-likeness (QED) is 0.187. The molecule has 0 amide bonds. The van der Waals surface area contributed by atoms with E-state index in [1.807, 2.05) is 72.8 Å². The first-order valence-corrected chi connectivity index (χ1v) is 14.6. The number of aliphatic hydroxyl groups is 2. The first-order valence-electron chi connectivity index (χ1n) is 14.6. The Labute approximate surface area is 249 Å². The lowest BCUT2D eigenvalue weighted by Gasteiger charge is -2.31. The van der Waals surface area contributed by atoms with Gasteiger partial charge in [0, 0.05) is 36.4 Å². The molecule has 2 atom stereocenters. The van der Waals surface area contributed by atoms with Gasteiger partial charge in [-0.15, -0.1) is 0 Å². The van der Waals surface area contributed by atoms with E-state index in [0.29, 0.717) is 31.7 Å². The highest BCUT2D eigenvalue weighted by Crippen LogP contribution is 2.31. The number of aliphatic hydroxyl groups excluding tert-OH is 2. The van der Waals surface area contributed by atoms with Crippen LogP contribution in [0.25, 0.3) is 10.8 Å². The first-order chi connectivity index (χ1) is 20.7. The monoisotopic (exact) mass is 573 g/mol. The third kappa shape index (κ3) is 8.69. The summed E-state index contributed by atoms with van der Waals surface area (Å²) in [6.07, 6.45) is 1.90. The molecule has 0 bridgehead atoms. The molecule has 5 rings (SSSR count). The molecule has 1 saturated heterocycles. The van der Waals surface area contributed by atoms with Crippen LogP contribution in [0.5, 0.6) is 17.2 Å². The van der Waals surface area contributed by atoms with Crippen molar-refractivity contribution in [2.45, 2.75) is 32.0 Å². The highest BCUT2D eigenvalue weighted by Gasteiger charge is 2.25. The number of hydrogen-bond donors (Lipinski definition) is 3. The predicted octanol–water partition coefficient (Wildman–Crippen LogP) is 5.71. The van der Waals surface area contributed by atoms with E-state index in [2.05, 4.69) is 17.4 Å². The summed E-state index contributed by atoms with van der Waals surface area (Å²) in [6.45, 7) is 3.97. The van der Waals surface area contributed by atoms with Gasteiger partial charge in [-0.1, -0.05) is 54.6 Å². The molecule has 0 spiro atoms. The van der Waals surface area contributed by atoms with E-state index in [1.54, 1.807) is 14.2 Å². The van der Waals surface area contributed by atoms with Gasteiger partial charge in [0.15, 0.2) is 0 Å². The van der Waals surface area contributed by atoms with Crippen molar-refractivity contribution in [2.75, 3.05) is 47.1 Å². The summed E-state index contributed by atoms with van der Waals surface area (Å²) in [4.78, 5) is 0. The van der Waals surface area contributed by atoms with E-state index in [0.717, 1.165) is 65.1 Å². The molecule has 224 valence electrons. The predicted molar refractivity (Wildman–Crippen MR) is 166 cm³/mol. The third-order valence-corrected chi connectivity index (χ3v) is 7.59. The second-order valence-electron chi connectivity index (χ2n) is 10.4. The zero-order chi connectivity index (χ0) is 29.6. The smallest absolute Gasteiger partial charge is 0.127 e. The second-order valence-corrected chi connectivity index (χ2v) is 10.4. The second kappa shape index (κ2) is 16.7. The molecule has 0 radical (unpaired) electrons. The zero-order valence-corrected chi connectivity index (χ0v) is 24.6. The van der Waals surface area contributed by atoms with Crippen molar-refractivity contribution < 1.29 is 29.2 Å². The van der Waals surface area contributed by atoms with E-state index in [-0.39, 0.29) is 13.2 Å². The fourth-order valence-corrected chi connectivity index (χ4v) is 5.32. The van der Waals surface area contributed by atoms with Crippen molar-refractivity contribution in [3.8, 4) is 17.2 Å². The van der Waals surface area contributed by atoms with E-state index < -0.39 is 0 Å². The van der Waals surface area contributed by atoms with Crippen LogP contribution in [-0.2, 0) is 18.0 Å². The standard InChI is InChI=1S/C23H31NO4.C12H12O2/c1-26-23-6-3-2-5-19(23)17-27-13-4-14-28-21-9-7-18(8-10-21)22-11-12-24-15-20(22)16-25;1-14-12-7-9(8-13)6-10-4-2-3-5-11(10)12/h2-3,5-10,20,22,24-25H,4,11-17H2,1H3;2-7,13H,8H2,1H3/t20-,22-;/m0./s1. The van der Waals surface area contributed by atoms with Gasteiger partial charge in [-0.3, -0.25) is 0 Å². The molecule has 4 aromatic carbocycles. The number of fused-ring (bicyclic) bond motifs is 1. The molecule has 7 heteroatoms. The fourth-order valence-electron chi connectivity index (χ4n) is 5.32. The Morgan fingerprint density at radius 1 is 0.833 bits per heavy atom. The van der Waals surface area contributed by atoms with Crippen molar-refractivity contribution in [2.24, 2.45) is 5.92 Å². The summed E-state index contributed by atoms with van der Waals surface area (Å²) in [5.74, 6) is 3.26. The Morgan fingerprint density at radius 2 is 1.60 bits per heavy atom. The average molecular weight is 574 g/mol. The molecule has 0 aliphatic carbocycles. The minimum Gasteiger partial charge on any atom is -0.496 e. The largest absolute Gasteiger partial charge is 0.496 e. The molecule has 42 heavy (non-hydrogen) atoms. The summed E-state index contributed by atoms with van der Waals surface area (Å²) in [5.41, 5.74) is 3.22. The average Bonchev–Trinajstić information content (AvgIpc) is 3.06. The molecular formula is C35H43NO6. The maximum Gasteiger partial charge on any atom is 0.127 e. The number of methoxy groups -OCH3 is 2. The van der Waals surface area contributed by atoms with Crippen LogP contribution in [0.2, 0.25) is 0 Å². The molecule has 4 aromatic rings. The summed E-state index contributed by atoms with van der Waals surface area (Å²) < 4.78 is 22.2. The number of rotatable bonds is 12. The van der Waals surface area contributed by atoms with Gasteiger partial charge in [0.25, 0.3) is 0 Å². The van der Waals surface area contributed by atoms with Crippen molar-refractivity contribution in [3.63, 3.8) is 0 Å². The van der Waals surface area contributed by atoms with Gasteiger partial charge in [0.05, 0.1) is 40.6 Å². The van der Waals surface area contributed by atoms with Crippen LogP contribution in [0.4, 0.5) is 0 Å². The normalized spacial score (nSPS) is 16.4. The lowest BCUT2D eigenvalue weighted by molar-refractivity contribution is 0.105. The maximum absolute atomic E-state index is 9.58. The van der Waals surface area contributed by atoms with Crippen LogP contribution >= 0.6 is 0 Å². The first kappa shape index (κ1) is 31.3. The number of para-hydroxylation sites is 1. The molecule has 3 N–H and O–H groups in total. The van der Waals surface area contributed by atoms with Crippen LogP contribution < -0.4 is 19.5 Å². The molecule has 7 nitrogen and oxygen atoms in total. The Bertz CT molecular complexity index is 1360. The lowest BCUT2D eigenvalue weighted by atomic mass is 9.81. The Kier molecular flexibility index (Phi) is 12.5. The molecule has 0 aromatic heterocycles. The molecule has 1 aliphatic heterocycles. The van der Waals surface area contributed by atoms with E-state index in [9.17, 15) is 5.11 Å². The lowest BCUT2D eigenvalue weighted by Crippen LogP contribution is -2.37. The number of hydrogen-bond acceptors (Lipinski definition) is 7. The Hall–Kier alpha value is -3.62. The number of nitrogens with one attached hydrogen (secondary N) is 1. The van der Waals surface area contributed by atoms with Crippen molar-refractivity contribution in [3.05, 3.63) is 102 Å². The summed E-state index contributed by atoms with van der Waals surface area (Å²) >= 11 is 0. The van der Waals surface area contributed by atoms with Gasteiger partial charge in [-0.25, -0.2) is 0 Å². The van der Waals surface area contributed by atoms with E-state index >= 15 is 0 Å². The van der Waals surface area contributed by atoms with Crippen molar-refractivity contribution >= 4 is 10.8 Å². The third-order valence-electron chi connectivity index (χ3n) is 7.59. The van der Waals surface area contributed by atoms with Gasteiger partial charge in [-0.2, -0.15) is 0 Å². The zero-order valence-electron chi connectivity index (χ0n) is 24.6. The van der Waals surface area contributed by atoms with E-state index in [4.69, 9.17) is 24.1 Å². The molecule has 1 aliphatic rings. The highest BCUT2D eigenvalue weighted by molar-refractivity contribution is 5.89. The number of ether oxygens (including phenoxy) is 4. The van der Waals surface area contributed by atoms with Gasteiger partial charge in [0.2, 0.25) is 0 Å². The van der Waals surface area contributed by atoms with Gasteiger partial charge in [-0.05, 0) is 65.7 Å². The minimum atomic E-state index is 0.0429. The van der Waals surface area contributed by atoms with Crippen LogP contribution in [0.1, 0.15) is 35.4 Å². The molecule has 1 fully saturated rings. The number of benzene rings is 4. The van der Waals surface area contributed by atoms with Crippen molar-refractivity contribution in [1.29, 1.82) is 0 Å². The molecular weight excluding hydrogens is 530 g/mol. The topological polar surface area (TPSA) is 89.4 Å². The maximum atomic E-state index is 9.58. The molecule has 0 unspecified atom stereocenters. The van der Waals surface area contributed by atoms with Gasteiger partial charge < -0.3 is 34.5 Å². The molecule has 1 heterocycles. The number of piperidine rings is 1. The summed E-state index contributed by atoms with van der Waals surface area (Å²) in [6, 6.07) is 28.0. The van der Waals surface area contributed by atoms with Crippen LogP contribution in [0.3, 0.4) is 0 Å².